The third-order valence-electron chi connectivity index (χ3n) is 9.27. The molecule has 3 rings (SSSR count). The summed E-state index contributed by atoms with van der Waals surface area (Å²) in [6.45, 7) is 11.5. The first-order valence-electron chi connectivity index (χ1n) is 17.2. The number of carbonyl (C=O) groups excluding carboxylic acids is 4. The summed E-state index contributed by atoms with van der Waals surface area (Å²) in [4.78, 5) is 70.6. The molecule has 4 N–H and O–H groups in total. The Kier molecular flexibility index (Phi) is 15.2. The number of aromatic nitrogens is 1. The van der Waals surface area contributed by atoms with Gasteiger partial charge in [-0.25, -0.2) is 4.98 Å². The van der Waals surface area contributed by atoms with Crippen LogP contribution in [0.4, 0.5) is 0 Å². The highest BCUT2D eigenvalue weighted by Crippen LogP contribution is 2.29. The first kappa shape index (κ1) is 39.6. The van der Waals surface area contributed by atoms with Crippen molar-refractivity contribution in [2.24, 2.45) is 17.8 Å². The lowest BCUT2D eigenvalue weighted by Crippen LogP contribution is -2.56. The highest BCUT2D eigenvalue weighted by Gasteiger charge is 2.35. The second-order valence-corrected chi connectivity index (χ2v) is 14.5. The second-order valence-electron chi connectivity index (χ2n) is 13.6. The summed E-state index contributed by atoms with van der Waals surface area (Å²) in [5.74, 6) is -3.25. The molecule has 12 nitrogen and oxygen atoms in total. The first-order chi connectivity index (χ1) is 23.2. The van der Waals surface area contributed by atoms with Crippen molar-refractivity contribution >= 4 is 41.0 Å². The number of thiazole rings is 1. The van der Waals surface area contributed by atoms with E-state index < -0.39 is 48.0 Å². The molecule has 1 aromatic carbocycles. The molecule has 1 saturated heterocycles. The predicted octanol–water partition coefficient (Wildman–Crippen LogP) is 4.36. The summed E-state index contributed by atoms with van der Waals surface area (Å²) in [7, 11) is 1.91. The number of ether oxygens (including phenoxy) is 1. The monoisotopic (exact) mass is 699 g/mol. The first-order valence-corrected chi connectivity index (χ1v) is 18.1. The molecule has 0 saturated carbocycles. The minimum absolute atomic E-state index is 0.0611. The number of carboxylic acid groups (broad SMARTS) is 1. The van der Waals surface area contributed by atoms with Crippen molar-refractivity contribution in [1.29, 1.82) is 0 Å². The number of hydrogen-bond acceptors (Lipinski definition) is 9. The maximum atomic E-state index is 13.7. The Morgan fingerprint density at radius 2 is 1.73 bits per heavy atom. The number of nitrogens with one attached hydrogen (secondary N) is 3. The van der Waals surface area contributed by atoms with Crippen LogP contribution < -0.4 is 16.0 Å². The fraction of sp³-hybridized carbons (Fsp3) is 0.611. The molecule has 1 aliphatic rings. The standard InChI is InChI=1S/C36H53N5O7S/c1-8-22(4)31(40-33(44)29-15-12-16-41(29)7)34(45)38-27(21(2)3)19-30(48-24(6)42)35-39-28(20-49-35)32(43)37-26(17-23(5)36(46)47)18-25-13-10-9-11-14-25/h9-11,13-14,20-23,26-27,29-31H,8,12,15-19H2,1-7H3,(H,37,43)(H,38,45)(H,40,44)(H,46,47)/t22-,23-,26+,27+,29+,30+,31-/m0/s1. The van der Waals surface area contributed by atoms with Crippen LogP contribution in [0.1, 0.15) is 101 Å². The number of esters is 1. The SMILES string of the molecule is CC[C@H](C)[C@H](NC(=O)[C@H]1CCCN1C)C(=O)N[C@H](C[C@@H](OC(C)=O)c1nc(C(=O)N[C@@H](Cc2ccccc2)C[C@H](C)C(=O)O)cs1)C(C)C. The molecule has 3 amide bonds. The molecule has 0 aliphatic carbocycles. The lowest BCUT2D eigenvalue weighted by molar-refractivity contribution is -0.147. The number of benzene rings is 1. The van der Waals surface area contributed by atoms with Crippen LogP contribution in [-0.2, 0) is 30.3 Å². The molecule has 0 bridgehead atoms. The van der Waals surface area contributed by atoms with Gasteiger partial charge in [0.25, 0.3) is 5.91 Å². The summed E-state index contributed by atoms with van der Waals surface area (Å²) in [5.41, 5.74) is 1.09. The molecule has 13 heteroatoms. The van der Waals surface area contributed by atoms with Gasteiger partial charge >= 0.3 is 11.9 Å². The lowest BCUT2D eigenvalue weighted by atomic mass is 9.94. The summed E-state index contributed by atoms with van der Waals surface area (Å²) >= 11 is 1.17. The van der Waals surface area contributed by atoms with Gasteiger partial charge in [0.15, 0.2) is 6.10 Å². The summed E-state index contributed by atoms with van der Waals surface area (Å²) in [6.07, 6.45) is 2.41. The van der Waals surface area contributed by atoms with Crippen molar-refractivity contribution < 1.29 is 33.8 Å². The molecular formula is C36H53N5O7S. The van der Waals surface area contributed by atoms with E-state index in [9.17, 15) is 29.1 Å². The molecule has 1 fully saturated rings. The van der Waals surface area contributed by atoms with Crippen LogP contribution in [0, 0.1) is 17.8 Å². The van der Waals surface area contributed by atoms with Gasteiger partial charge in [0, 0.05) is 30.8 Å². The van der Waals surface area contributed by atoms with E-state index in [2.05, 4.69) is 20.9 Å². The maximum Gasteiger partial charge on any atom is 0.306 e. The molecule has 2 aromatic rings. The van der Waals surface area contributed by atoms with E-state index in [-0.39, 0.29) is 48.2 Å². The van der Waals surface area contributed by atoms with Gasteiger partial charge in [-0.2, -0.15) is 0 Å². The molecule has 0 spiro atoms. The fourth-order valence-electron chi connectivity index (χ4n) is 6.01. The topological polar surface area (TPSA) is 167 Å². The minimum Gasteiger partial charge on any atom is -0.481 e. The lowest BCUT2D eigenvalue weighted by Gasteiger charge is -2.31. The van der Waals surface area contributed by atoms with Gasteiger partial charge in [0.05, 0.1) is 12.0 Å². The van der Waals surface area contributed by atoms with E-state index in [0.717, 1.165) is 24.9 Å². The van der Waals surface area contributed by atoms with Crippen LogP contribution in [0.2, 0.25) is 0 Å². The highest BCUT2D eigenvalue weighted by atomic mass is 32.1. The molecule has 1 aliphatic heterocycles. The zero-order valence-electron chi connectivity index (χ0n) is 29.7. The number of hydrogen-bond donors (Lipinski definition) is 4. The van der Waals surface area contributed by atoms with Crippen molar-refractivity contribution in [3.05, 3.63) is 52.0 Å². The molecule has 0 unspecified atom stereocenters. The van der Waals surface area contributed by atoms with Gasteiger partial charge in [-0.3, -0.25) is 28.9 Å². The number of rotatable bonds is 18. The van der Waals surface area contributed by atoms with Crippen LogP contribution in [-0.4, -0.2) is 82.4 Å². The number of carbonyl (C=O) groups is 5. The molecule has 0 radical (unpaired) electrons. The van der Waals surface area contributed by atoms with Crippen molar-refractivity contribution in [3.63, 3.8) is 0 Å². The Hall–Kier alpha value is -3.84. The number of likely N-dealkylation sites (tertiary alicyclic amines) is 1. The van der Waals surface area contributed by atoms with Crippen LogP contribution >= 0.6 is 11.3 Å². The third kappa shape index (κ3) is 11.9. The average molecular weight is 700 g/mol. The van der Waals surface area contributed by atoms with Gasteiger partial charge in [-0.15, -0.1) is 11.3 Å². The Morgan fingerprint density at radius 1 is 1.04 bits per heavy atom. The molecule has 270 valence electrons. The van der Waals surface area contributed by atoms with E-state index in [1.807, 2.05) is 70.0 Å². The van der Waals surface area contributed by atoms with Crippen LogP contribution in [0.5, 0.6) is 0 Å². The average Bonchev–Trinajstić information content (AvgIpc) is 3.72. The third-order valence-corrected chi connectivity index (χ3v) is 10.2. The van der Waals surface area contributed by atoms with Crippen molar-refractivity contribution in [2.75, 3.05) is 13.6 Å². The van der Waals surface area contributed by atoms with E-state index in [4.69, 9.17) is 4.74 Å². The van der Waals surface area contributed by atoms with Crippen molar-refractivity contribution in [3.8, 4) is 0 Å². The summed E-state index contributed by atoms with van der Waals surface area (Å²) in [5, 5.41) is 20.5. The highest BCUT2D eigenvalue weighted by molar-refractivity contribution is 7.09. The largest absolute Gasteiger partial charge is 0.481 e. The quantitative estimate of drug-likeness (QED) is 0.165. The fourth-order valence-corrected chi connectivity index (χ4v) is 6.85. The van der Waals surface area contributed by atoms with Crippen LogP contribution in [0.15, 0.2) is 35.7 Å². The molecule has 1 aromatic heterocycles. The Bertz CT molecular complexity index is 1420. The number of nitrogens with zero attached hydrogens (tertiary/aromatic N) is 2. The zero-order chi connectivity index (χ0) is 36.2. The zero-order valence-corrected chi connectivity index (χ0v) is 30.5. The summed E-state index contributed by atoms with van der Waals surface area (Å²) < 4.78 is 5.69. The van der Waals surface area contributed by atoms with E-state index in [1.54, 1.807) is 12.3 Å². The van der Waals surface area contributed by atoms with Gasteiger partial charge in [0.2, 0.25) is 11.8 Å². The van der Waals surface area contributed by atoms with Crippen LogP contribution in [0.25, 0.3) is 0 Å². The maximum absolute atomic E-state index is 13.7. The number of amides is 3. The normalized spacial score (nSPS) is 18.5. The Labute approximate surface area is 293 Å². The Morgan fingerprint density at radius 3 is 2.31 bits per heavy atom. The van der Waals surface area contributed by atoms with Gasteiger partial charge in [-0.05, 0) is 56.7 Å². The molecule has 2 heterocycles. The Balaban J connectivity index is 1.76. The van der Waals surface area contributed by atoms with Crippen LogP contribution in [0.3, 0.4) is 0 Å². The van der Waals surface area contributed by atoms with Gasteiger partial charge < -0.3 is 25.8 Å². The van der Waals surface area contributed by atoms with Gasteiger partial charge in [-0.1, -0.05) is 71.4 Å². The van der Waals surface area contributed by atoms with E-state index in [1.165, 1.54) is 18.3 Å². The van der Waals surface area contributed by atoms with Crippen molar-refractivity contribution in [2.45, 2.75) is 110 Å². The number of aliphatic carboxylic acids is 1. The molecule has 7 atom stereocenters. The van der Waals surface area contributed by atoms with E-state index in [0.29, 0.717) is 17.8 Å². The predicted molar refractivity (Wildman–Crippen MR) is 188 cm³/mol. The minimum atomic E-state index is -0.946. The van der Waals surface area contributed by atoms with E-state index >= 15 is 0 Å². The van der Waals surface area contributed by atoms with Gasteiger partial charge in [0.1, 0.15) is 16.7 Å². The van der Waals surface area contributed by atoms with Crippen molar-refractivity contribution in [1.82, 2.24) is 25.8 Å². The number of carboxylic acids is 1. The second kappa shape index (κ2) is 18.8. The molecular weight excluding hydrogens is 646 g/mol. The molecule has 49 heavy (non-hydrogen) atoms. The smallest absolute Gasteiger partial charge is 0.306 e. The number of likely N-dealkylation sites (N-methyl/N-ethyl adjacent to an activating group) is 1. The summed E-state index contributed by atoms with van der Waals surface area (Å²) in [6, 6.07) is 7.62.